The van der Waals surface area contributed by atoms with Gasteiger partial charge in [0.15, 0.2) is 0 Å². The van der Waals surface area contributed by atoms with Crippen LogP contribution < -0.4 is 0 Å². The van der Waals surface area contributed by atoms with E-state index in [9.17, 15) is 18.3 Å². The summed E-state index contributed by atoms with van der Waals surface area (Å²) < 4.78 is 45.8. The average Bonchev–Trinajstić information content (AvgIpc) is 2.59. The fourth-order valence-electron chi connectivity index (χ4n) is 2.71. The van der Waals surface area contributed by atoms with Crippen LogP contribution >= 0.6 is 0 Å². The number of nitrogens with zero attached hydrogens (tertiary/aromatic N) is 1. The van der Waals surface area contributed by atoms with Crippen molar-refractivity contribution in [1.82, 2.24) is 4.90 Å². The Bertz CT molecular complexity index is 707. The Morgan fingerprint density at radius 2 is 1.59 bits per heavy atom. The highest BCUT2D eigenvalue weighted by Crippen LogP contribution is 2.15. The van der Waals surface area contributed by atoms with E-state index in [4.69, 9.17) is 4.74 Å². The van der Waals surface area contributed by atoms with Crippen molar-refractivity contribution in [2.24, 2.45) is 5.92 Å². The van der Waals surface area contributed by atoms with Crippen LogP contribution in [0.3, 0.4) is 0 Å². The highest BCUT2D eigenvalue weighted by Gasteiger charge is 2.16. The van der Waals surface area contributed by atoms with Gasteiger partial charge in [-0.1, -0.05) is 32.0 Å². The second-order valence-electron chi connectivity index (χ2n) is 7.12. The van der Waals surface area contributed by atoms with Crippen LogP contribution in [0.2, 0.25) is 0 Å². The van der Waals surface area contributed by atoms with Crippen molar-refractivity contribution < 1.29 is 23.0 Å². The maximum absolute atomic E-state index is 14.0. The molecule has 6 heteroatoms. The van der Waals surface area contributed by atoms with Gasteiger partial charge in [0, 0.05) is 37.9 Å². The van der Waals surface area contributed by atoms with E-state index in [0.29, 0.717) is 24.6 Å². The standard InChI is InChI=1S/C21H26F3NO2/c1-15(2)13-27-14-20(26)12-25(10-16-3-6-18(22)7-4-16)11-17-5-8-19(23)9-21(17)24/h3-9,15,20,26H,10-14H2,1-2H3. The minimum Gasteiger partial charge on any atom is -0.389 e. The molecular weight excluding hydrogens is 355 g/mol. The highest BCUT2D eigenvalue weighted by atomic mass is 19.1. The summed E-state index contributed by atoms with van der Waals surface area (Å²) in [6.45, 7) is 5.57. The molecular formula is C21H26F3NO2. The summed E-state index contributed by atoms with van der Waals surface area (Å²) in [7, 11) is 0. The van der Waals surface area contributed by atoms with Crippen LogP contribution in [0.15, 0.2) is 42.5 Å². The fourth-order valence-corrected chi connectivity index (χ4v) is 2.71. The monoisotopic (exact) mass is 381 g/mol. The van der Waals surface area contributed by atoms with E-state index in [1.54, 1.807) is 12.1 Å². The van der Waals surface area contributed by atoms with Crippen molar-refractivity contribution in [3.8, 4) is 0 Å². The van der Waals surface area contributed by atoms with E-state index in [1.807, 2.05) is 18.7 Å². The van der Waals surface area contributed by atoms with Crippen LogP contribution in [0.25, 0.3) is 0 Å². The molecule has 2 aromatic carbocycles. The summed E-state index contributed by atoms with van der Waals surface area (Å²) in [6, 6.07) is 9.44. The zero-order chi connectivity index (χ0) is 19.8. The fraction of sp³-hybridized carbons (Fsp3) is 0.429. The summed E-state index contributed by atoms with van der Waals surface area (Å²) in [5.74, 6) is -1.24. The second-order valence-corrected chi connectivity index (χ2v) is 7.12. The topological polar surface area (TPSA) is 32.7 Å². The van der Waals surface area contributed by atoms with Crippen LogP contribution in [0, 0.1) is 23.4 Å². The van der Waals surface area contributed by atoms with Gasteiger partial charge in [0.1, 0.15) is 17.5 Å². The van der Waals surface area contributed by atoms with Gasteiger partial charge >= 0.3 is 0 Å². The van der Waals surface area contributed by atoms with Gasteiger partial charge in [-0.2, -0.15) is 0 Å². The van der Waals surface area contributed by atoms with Crippen LogP contribution in [-0.2, 0) is 17.8 Å². The predicted molar refractivity (Wildman–Crippen MR) is 98.5 cm³/mol. The van der Waals surface area contributed by atoms with Crippen molar-refractivity contribution in [3.05, 3.63) is 71.0 Å². The third kappa shape index (κ3) is 7.71. The summed E-state index contributed by atoms with van der Waals surface area (Å²) in [6.07, 6.45) is -0.757. The highest BCUT2D eigenvalue weighted by molar-refractivity contribution is 5.20. The van der Waals surface area contributed by atoms with Gasteiger partial charge in [0.2, 0.25) is 0 Å². The number of benzene rings is 2. The van der Waals surface area contributed by atoms with Gasteiger partial charge in [0.05, 0.1) is 12.7 Å². The Labute approximate surface area is 158 Å². The summed E-state index contributed by atoms with van der Waals surface area (Å²) in [4.78, 5) is 1.83. The number of ether oxygens (including phenoxy) is 1. The Balaban J connectivity index is 2.06. The maximum Gasteiger partial charge on any atom is 0.130 e. The number of hydrogen-bond acceptors (Lipinski definition) is 3. The van der Waals surface area contributed by atoms with Crippen molar-refractivity contribution in [2.75, 3.05) is 19.8 Å². The molecule has 148 valence electrons. The first-order chi connectivity index (χ1) is 12.8. The molecule has 2 aromatic rings. The minimum absolute atomic E-state index is 0.171. The quantitative estimate of drug-likeness (QED) is 0.671. The number of aliphatic hydroxyl groups is 1. The lowest BCUT2D eigenvalue weighted by Crippen LogP contribution is -2.34. The lowest BCUT2D eigenvalue weighted by molar-refractivity contribution is 0.00538. The van der Waals surface area contributed by atoms with Gasteiger partial charge in [-0.25, -0.2) is 13.2 Å². The summed E-state index contributed by atoms with van der Waals surface area (Å²) in [5, 5.41) is 10.3. The van der Waals surface area contributed by atoms with Crippen LogP contribution in [-0.4, -0.2) is 35.9 Å². The zero-order valence-electron chi connectivity index (χ0n) is 15.7. The van der Waals surface area contributed by atoms with Gasteiger partial charge in [-0.05, 0) is 29.7 Å². The van der Waals surface area contributed by atoms with Crippen molar-refractivity contribution >= 4 is 0 Å². The molecule has 0 aliphatic rings. The van der Waals surface area contributed by atoms with E-state index < -0.39 is 17.7 Å². The third-order valence-corrected chi connectivity index (χ3v) is 3.96. The average molecular weight is 381 g/mol. The van der Waals surface area contributed by atoms with Crippen molar-refractivity contribution in [1.29, 1.82) is 0 Å². The van der Waals surface area contributed by atoms with E-state index in [0.717, 1.165) is 11.6 Å². The zero-order valence-corrected chi connectivity index (χ0v) is 15.7. The third-order valence-electron chi connectivity index (χ3n) is 3.96. The number of halogens is 3. The van der Waals surface area contributed by atoms with Crippen LogP contribution in [0.4, 0.5) is 13.2 Å². The molecule has 0 bridgehead atoms. The Morgan fingerprint density at radius 3 is 2.22 bits per heavy atom. The van der Waals surface area contributed by atoms with Gasteiger partial charge in [0.25, 0.3) is 0 Å². The molecule has 0 spiro atoms. The molecule has 0 aromatic heterocycles. The van der Waals surface area contributed by atoms with Crippen LogP contribution in [0.5, 0.6) is 0 Å². The van der Waals surface area contributed by atoms with E-state index in [2.05, 4.69) is 0 Å². The molecule has 1 N–H and O–H groups in total. The Hall–Kier alpha value is -1.89. The van der Waals surface area contributed by atoms with Gasteiger partial charge < -0.3 is 9.84 Å². The second kappa shape index (κ2) is 10.4. The molecule has 0 amide bonds. The lowest BCUT2D eigenvalue weighted by Gasteiger charge is -2.25. The molecule has 0 radical (unpaired) electrons. The minimum atomic E-state index is -0.757. The van der Waals surface area contributed by atoms with Crippen LogP contribution in [0.1, 0.15) is 25.0 Å². The number of hydrogen-bond donors (Lipinski definition) is 1. The van der Waals surface area contributed by atoms with Crippen molar-refractivity contribution in [3.63, 3.8) is 0 Å². The predicted octanol–water partition coefficient (Wildman–Crippen LogP) is 4.14. The van der Waals surface area contributed by atoms with Crippen molar-refractivity contribution in [2.45, 2.75) is 33.0 Å². The lowest BCUT2D eigenvalue weighted by atomic mass is 10.1. The largest absolute Gasteiger partial charge is 0.389 e. The van der Waals surface area contributed by atoms with E-state index >= 15 is 0 Å². The smallest absolute Gasteiger partial charge is 0.130 e. The molecule has 1 atom stereocenters. The van der Waals surface area contributed by atoms with E-state index in [-0.39, 0.29) is 25.5 Å². The van der Waals surface area contributed by atoms with Gasteiger partial charge in [-0.15, -0.1) is 0 Å². The first-order valence-electron chi connectivity index (χ1n) is 9.00. The number of rotatable bonds is 10. The molecule has 0 saturated heterocycles. The molecule has 3 nitrogen and oxygen atoms in total. The Morgan fingerprint density at radius 1 is 0.926 bits per heavy atom. The maximum atomic E-state index is 14.0. The molecule has 0 saturated carbocycles. The van der Waals surface area contributed by atoms with Gasteiger partial charge in [-0.3, -0.25) is 4.90 Å². The first-order valence-corrected chi connectivity index (χ1v) is 9.00. The molecule has 0 aliphatic carbocycles. The Kier molecular flexibility index (Phi) is 8.28. The summed E-state index contributed by atoms with van der Waals surface area (Å²) >= 11 is 0. The molecule has 0 heterocycles. The summed E-state index contributed by atoms with van der Waals surface area (Å²) in [5.41, 5.74) is 1.16. The first kappa shape index (κ1) is 21.4. The normalized spacial score (nSPS) is 12.7. The molecule has 0 aliphatic heterocycles. The SMILES string of the molecule is CC(C)COCC(O)CN(Cc1ccc(F)cc1)Cc1ccc(F)cc1F. The molecule has 2 rings (SSSR count). The molecule has 1 unspecified atom stereocenters. The number of aliphatic hydroxyl groups excluding tert-OH is 1. The van der Waals surface area contributed by atoms with E-state index in [1.165, 1.54) is 24.3 Å². The molecule has 0 fully saturated rings. The molecule has 27 heavy (non-hydrogen) atoms.